The predicted octanol–water partition coefficient (Wildman–Crippen LogP) is 3.44. The van der Waals surface area contributed by atoms with Gasteiger partial charge in [-0.25, -0.2) is 0 Å². The third-order valence-electron chi connectivity index (χ3n) is 3.68. The molecule has 1 atom stereocenters. The molecule has 0 bridgehead atoms. The number of hydrogen-bond donors (Lipinski definition) is 1. The van der Waals surface area contributed by atoms with Crippen molar-refractivity contribution in [2.45, 2.75) is 46.1 Å². The standard InChI is InChI=1S/C16H23N3O/c1-15(2,3)12(17)13-18-14(20-19-13)16(4,5)11-9-7-6-8-10-11/h6-10,12H,17H2,1-5H3. The van der Waals surface area contributed by atoms with Crippen LogP contribution in [-0.4, -0.2) is 10.1 Å². The molecule has 4 nitrogen and oxygen atoms in total. The van der Waals surface area contributed by atoms with Gasteiger partial charge < -0.3 is 10.3 Å². The first-order chi connectivity index (χ1) is 9.23. The Bertz CT molecular complexity index is 567. The van der Waals surface area contributed by atoms with Gasteiger partial charge in [0.1, 0.15) is 0 Å². The van der Waals surface area contributed by atoms with Gasteiger partial charge in [0.25, 0.3) is 0 Å². The lowest BCUT2D eigenvalue weighted by atomic mass is 9.84. The molecule has 108 valence electrons. The molecular weight excluding hydrogens is 250 g/mol. The van der Waals surface area contributed by atoms with E-state index in [-0.39, 0.29) is 16.9 Å². The van der Waals surface area contributed by atoms with Gasteiger partial charge in [-0.2, -0.15) is 4.98 Å². The number of nitrogens with zero attached hydrogens (tertiary/aromatic N) is 2. The minimum Gasteiger partial charge on any atom is -0.338 e. The lowest BCUT2D eigenvalue weighted by Gasteiger charge is -2.24. The van der Waals surface area contributed by atoms with E-state index in [1.54, 1.807) is 0 Å². The molecule has 20 heavy (non-hydrogen) atoms. The van der Waals surface area contributed by atoms with Crippen LogP contribution in [0.3, 0.4) is 0 Å². The Morgan fingerprint density at radius 3 is 2.20 bits per heavy atom. The second-order valence-corrected chi connectivity index (χ2v) is 6.79. The number of nitrogens with two attached hydrogens (primary N) is 1. The van der Waals surface area contributed by atoms with Crippen LogP contribution in [0.1, 0.15) is 57.9 Å². The summed E-state index contributed by atoms with van der Waals surface area (Å²) >= 11 is 0. The Morgan fingerprint density at radius 1 is 1.05 bits per heavy atom. The van der Waals surface area contributed by atoms with Crippen LogP contribution in [0.15, 0.2) is 34.9 Å². The quantitative estimate of drug-likeness (QED) is 0.930. The molecule has 1 heterocycles. The Balaban J connectivity index is 2.34. The first kappa shape index (κ1) is 14.7. The fourth-order valence-electron chi connectivity index (χ4n) is 1.98. The lowest BCUT2D eigenvalue weighted by molar-refractivity contribution is 0.294. The molecule has 2 rings (SSSR count). The van der Waals surface area contributed by atoms with E-state index in [4.69, 9.17) is 10.3 Å². The highest BCUT2D eigenvalue weighted by Crippen LogP contribution is 2.33. The largest absolute Gasteiger partial charge is 0.338 e. The highest BCUT2D eigenvalue weighted by Gasteiger charge is 2.33. The molecule has 1 aromatic carbocycles. The van der Waals surface area contributed by atoms with Gasteiger partial charge in [-0.15, -0.1) is 0 Å². The zero-order valence-electron chi connectivity index (χ0n) is 12.8. The van der Waals surface area contributed by atoms with E-state index in [2.05, 4.69) is 56.9 Å². The smallest absolute Gasteiger partial charge is 0.236 e. The van der Waals surface area contributed by atoms with Crippen molar-refractivity contribution in [3.8, 4) is 0 Å². The predicted molar refractivity (Wildman–Crippen MR) is 79.3 cm³/mol. The van der Waals surface area contributed by atoms with Gasteiger partial charge >= 0.3 is 0 Å². The van der Waals surface area contributed by atoms with Gasteiger partial charge in [-0.1, -0.05) is 56.3 Å². The molecule has 0 saturated heterocycles. The Hall–Kier alpha value is -1.68. The summed E-state index contributed by atoms with van der Waals surface area (Å²) < 4.78 is 5.46. The summed E-state index contributed by atoms with van der Waals surface area (Å²) in [5, 5.41) is 4.06. The van der Waals surface area contributed by atoms with Crippen molar-refractivity contribution in [1.82, 2.24) is 10.1 Å². The van der Waals surface area contributed by atoms with E-state index in [9.17, 15) is 0 Å². The van der Waals surface area contributed by atoms with Gasteiger partial charge in [-0.05, 0) is 24.8 Å². The number of hydrogen-bond acceptors (Lipinski definition) is 4. The zero-order chi connectivity index (χ0) is 15.0. The summed E-state index contributed by atoms with van der Waals surface area (Å²) in [6.07, 6.45) is 0. The van der Waals surface area contributed by atoms with Crippen molar-refractivity contribution >= 4 is 0 Å². The second-order valence-electron chi connectivity index (χ2n) is 6.79. The van der Waals surface area contributed by atoms with Crippen LogP contribution >= 0.6 is 0 Å². The van der Waals surface area contributed by atoms with E-state index in [0.717, 1.165) is 5.56 Å². The van der Waals surface area contributed by atoms with Crippen molar-refractivity contribution in [2.24, 2.45) is 11.1 Å². The van der Waals surface area contributed by atoms with Crippen molar-refractivity contribution in [3.05, 3.63) is 47.6 Å². The number of aromatic nitrogens is 2. The minimum absolute atomic E-state index is 0.0992. The maximum Gasteiger partial charge on any atom is 0.236 e. The maximum atomic E-state index is 6.18. The van der Waals surface area contributed by atoms with Crippen LogP contribution in [0.2, 0.25) is 0 Å². The van der Waals surface area contributed by atoms with E-state index < -0.39 is 0 Å². The summed E-state index contributed by atoms with van der Waals surface area (Å²) in [6, 6.07) is 9.89. The van der Waals surface area contributed by atoms with Crippen molar-refractivity contribution in [3.63, 3.8) is 0 Å². The third-order valence-corrected chi connectivity index (χ3v) is 3.68. The van der Waals surface area contributed by atoms with E-state index in [1.165, 1.54) is 0 Å². The molecule has 0 amide bonds. The molecule has 2 aromatic rings. The lowest BCUT2D eigenvalue weighted by Crippen LogP contribution is -2.27. The highest BCUT2D eigenvalue weighted by molar-refractivity contribution is 5.29. The topological polar surface area (TPSA) is 64.9 Å². The number of rotatable bonds is 3. The summed E-state index contributed by atoms with van der Waals surface area (Å²) in [7, 11) is 0. The molecule has 1 unspecified atom stereocenters. The van der Waals surface area contributed by atoms with Gasteiger partial charge in [0.15, 0.2) is 5.82 Å². The summed E-state index contributed by atoms with van der Waals surface area (Å²) in [6.45, 7) is 10.3. The van der Waals surface area contributed by atoms with Crippen LogP contribution in [-0.2, 0) is 5.41 Å². The highest BCUT2D eigenvalue weighted by atomic mass is 16.5. The molecule has 1 aromatic heterocycles. The molecule has 0 aliphatic carbocycles. The summed E-state index contributed by atoms with van der Waals surface area (Å²) in [4.78, 5) is 4.52. The van der Waals surface area contributed by atoms with E-state index >= 15 is 0 Å². The van der Waals surface area contributed by atoms with Crippen LogP contribution in [0.4, 0.5) is 0 Å². The molecule has 4 heteroatoms. The molecule has 0 saturated carbocycles. The van der Waals surface area contributed by atoms with Gasteiger partial charge in [0.05, 0.1) is 11.5 Å². The maximum absolute atomic E-state index is 6.18. The Labute approximate surface area is 120 Å². The van der Waals surface area contributed by atoms with Crippen molar-refractivity contribution in [2.75, 3.05) is 0 Å². The second kappa shape index (κ2) is 5.02. The average molecular weight is 273 g/mol. The monoisotopic (exact) mass is 273 g/mol. The first-order valence-corrected chi connectivity index (χ1v) is 6.88. The fourth-order valence-corrected chi connectivity index (χ4v) is 1.98. The molecule has 0 aliphatic rings. The first-order valence-electron chi connectivity index (χ1n) is 6.88. The minimum atomic E-state index is -0.329. The van der Waals surface area contributed by atoms with Crippen LogP contribution in [0, 0.1) is 5.41 Å². The average Bonchev–Trinajstić information content (AvgIpc) is 2.88. The van der Waals surface area contributed by atoms with Gasteiger partial charge in [0, 0.05) is 0 Å². The van der Waals surface area contributed by atoms with Gasteiger partial charge in [0.2, 0.25) is 5.89 Å². The Morgan fingerprint density at radius 2 is 1.65 bits per heavy atom. The van der Waals surface area contributed by atoms with Crippen LogP contribution < -0.4 is 5.73 Å². The van der Waals surface area contributed by atoms with Gasteiger partial charge in [-0.3, -0.25) is 0 Å². The molecule has 0 aliphatic heterocycles. The van der Waals surface area contributed by atoms with Crippen LogP contribution in [0.5, 0.6) is 0 Å². The fraction of sp³-hybridized carbons (Fsp3) is 0.500. The summed E-state index contributed by atoms with van der Waals surface area (Å²) in [5.74, 6) is 1.16. The molecule has 0 fully saturated rings. The third kappa shape index (κ3) is 2.75. The summed E-state index contributed by atoms with van der Waals surface area (Å²) in [5.41, 5.74) is 6.89. The zero-order valence-corrected chi connectivity index (χ0v) is 12.8. The van der Waals surface area contributed by atoms with Crippen LogP contribution in [0.25, 0.3) is 0 Å². The molecule has 2 N–H and O–H groups in total. The van der Waals surface area contributed by atoms with Crippen molar-refractivity contribution < 1.29 is 4.52 Å². The normalized spacial score (nSPS) is 14.3. The molecule has 0 radical (unpaired) electrons. The van der Waals surface area contributed by atoms with E-state index in [0.29, 0.717) is 11.7 Å². The Kier molecular flexibility index (Phi) is 3.69. The van der Waals surface area contributed by atoms with Crippen molar-refractivity contribution in [1.29, 1.82) is 0 Å². The number of benzene rings is 1. The SMILES string of the molecule is CC(C)(c1ccccc1)c1nc(C(N)C(C)(C)C)no1. The molecular formula is C16H23N3O. The van der Waals surface area contributed by atoms with E-state index in [1.807, 2.05) is 18.2 Å². The molecule has 0 spiro atoms.